The fourth-order valence-electron chi connectivity index (χ4n) is 6.91. The van der Waals surface area contributed by atoms with Crippen LogP contribution in [0.15, 0.2) is 97.2 Å². The molecule has 0 radical (unpaired) electrons. The van der Waals surface area contributed by atoms with Crippen molar-refractivity contribution in [3.63, 3.8) is 0 Å². The van der Waals surface area contributed by atoms with Crippen LogP contribution in [0.3, 0.4) is 0 Å². The van der Waals surface area contributed by atoms with Gasteiger partial charge in [0.2, 0.25) is 0 Å². The molecule has 0 aliphatic rings. The summed E-state index contributed by atoms with van der Waals surface area (Å²) in [4.78, 5) is 38.0. The Hall–Kier alpha value is -3.67. The van der Waals surface area contributed by atoms with Gasteiger partial charge in [0.15, 0.2) is 6.10 Å². The first-order valence-corrected chi connectivity index (χ1v) is 26.2. The van der Waals surface area contributed by atoms with Gasteiger partial charge in [0, 0.05) is 19.3 Å². The molecule has 0 saturated carbocycles. The Morgan fingerprint density at radius 1 is 0.328 bits per heavy atom. The average molecular weight is 889 g/mol. The Morgan fingerprint density at radius 2 is 0.609 bits per heavy atom. The first-order valence-electron chi connectivity index (χ1n) is 26.2. The average Bonchev–Trinajstić information content (AvgIpc) is 3.29. The highest BCUT2D eigenvalue weighted by Gasteiger charge is 2.19. The summed E-state index contributed by atoms with van der Waals surface area (Å²) in [5.41, 5.74) is 0. The summed E-state index contributed by atoms with van der Waals surface area (Å²) < 4.78 is 16.8. The molecule has 0 aromatic carbocycles. The van der Waals surface area contributed by atoms with Crippen molar-refractivity contribution in [1.29, 1.82) is 0 Å². The van der Waals surface area contributed by atoms with E-state index in [-0.39, 0.29) is 37.5 Å². The van der Waals surface area contributed by atoms with Crippen LogP contribution in [0.4, 0.5) is 0 Å². The van der Waals surface area contributed by atoms with Crippen molar-refractivity contribution in [3.8, 4) is 0 Å². The summed E-state index contributed by atoms with van der Waals surface area (Å²) in [6.45, 7) is 6.34. The Balaban J connectivity index is 4.39. The molecule has 6 heteroatoms. The monoisotopic (exact) mass is 889 g/mol. The third kappa shape index (κ3) is 49.3. The Labute approximate surface area is 394 Å². The molecule has 0 fully saturated rings. The van der Waals surface area contributed by atoms with E-state index in [2.05, 4.69) is 118 Å². The minimum atomic E-state index is -0.799. The van der Waals surface area contributed by atoms with Crippen LogP contribution >= 0.6 is 0 Å². The third-order valence-corrected chi connectivity index (χ3v) is 10.8. The van der Waals surface area contributed by atoms with E-state index in [0.717, 1.165) is 128 Å². The molecule has 0 spiro atoms. The lowest BCUT2D eigenvalue weighted by atomic mass is 10.1. The topological polar surface area (TPSA) is 78.9 Å². The van der Waals surface area contributed by atoms with Crippen LogP contribution in [0.25, 0.3) is 0 Å². The maximum atomic E-state index is 12.8. The number of carbonyl (C=O) groups is 3. The second-order valence-electron chi connectivity index (χ2n) is 17.0. The van der Waals surface area contributed by atoms with Gasteiger partial charge in [-0.05, 0) is 116 Å². The van der Waals surface area contributed by atoms with Gasteiger partial charge in [-0.1, -0.05) is 195 Å². The lowest BCUT2D eigenvalue weighted by molar-refractivity contribution is -0.167. The molecule has 0 bridgehead atoms. The second-order valence-corrected chi connectivity index (χ2v) is 17.0. The predicted octanol–water partition coefficient (Wildman–Crippen LogP) is 17.4. The van der Waals surface area contributed by atoms with Crippen molar-refractivity contribution in [2.24, 2.45) is 0 Å². The van der Waals surface area contributed by atoms with E-state index in [1.54, 1.807) is 0 Å². The molecule has 0 saturated heterocycles. The van der Waals surface area contributed by atoms with Crippen LogP contribution in [0.5, 0.6) is 0 Å². The number of hydrogen-bond donors (Lipinski definition) is 0. The third-order valence-electron chi connectivity index (χ3n) is 10.8. The minimum Gasteiger partial charge on any atom is -0.462 e. The van der Waals surface area contributed by atoms with E-state index >= 15 is 0 Å². The Morgan fingerprint density at radius 3 is 0.984 bits per heavy atom. The fraction of sp³-hybridized carbons (Fsp3) is 0.672. The molecule has 1 unspecified atom stereocenters. The number of ether oxygens (including phenoxy) is 3. The minimum absolute atomic E-state index is 0.0972. The summed E-state index contributed by atoms with van der Waals surface area (Å²) in [6.07, 6.45) is 68.2. The zero-order valence-corrected chi connectivity index (χ0v) is 41.5. The molecule has 0 heterocycles. The molecule has 0 aliphatic carbocycles. The van der Waals surface area contributed by atoms with Crippen molar-refractivity contribution in [1.82, 2.24) is 0 Å². The first-order chi connectivity index (χ1) is 31.5. The molecule has 364 valence electrons. The zero-order valence-electron chi connectivity index (χ0n) is 41.5. The summed E-state index contributed by atoms with van der Waals surface area (Å²) in [5, 5.41) is 0. The quantitative estimate of drug-likeness (QED) is 0.0262. The summed E-state index contributed by atoms with van der Waals surface area (Å²) in [5.74, 6) is -0.947. The number of hydrogen-bond acceptors (Lipinski definition) is 6. The van der Waals surface area contributed by atoms with E-state index in [0.29, 0.717) is 12.8 Å². The maximum absolute atomic E-state index is 12.8. The maximum Gasteiger partial charge on any atom is 0.306 e. The van der Waals surface area contributed by atoms with E-state index in [1.165, 1.54) is 64.2 Å². The molecule has 0 amide bonds. The number of allylic oxidation sites excluding steroid dienone is 16. The molecular formula is C58H96O6. The lowest BCUT2D eigenvalue weighted by Gasteiger charge is -2.18. The molecule has 1 atom stereocenters. The van der Waals surface area contributed by atoms with Crippen LogP contribution in [0.2, 0.25) is 0 Å². The van der Waals surface area contributed by atoms with E-state index in [1.807, 2.05) is 0 Å². The van der Waals surface area contributed by atoms with Crippen LogP contribution in [-0.4, -0.2) is 37.2 Å². The van der Waals surface area contributed by atoms with Gasteiger partial charge >= 0.3 is 17.9 Å². The summed E-state index contributed by atoms with van der Waals surface area (Å²) in [7, 11) is 0. The molecule has 0 aliphatic heterocycles. The van der Waals surface area contributed by atoms with Crippen molar-refractivity contribution in [2.75, 3.05) is 13.2 Å². The molecule has 64 heavy (non-hydrogen) atoms. The van der Waals surface area contributed by atoms with E-state index in [9.17, 15) is 14.4 Å². The largest absolute Gasteiger partial charge is 0.462 e. The molecule has 0 aromatic rings. The predicted molar refractivity (Wildman–Crippen MR) is 274 cm³/mol. The van der Waals surface area contributed by atoms with Crippen molar-refractivity contribution in [3.05, 3.63) is 97.2 Å². The SMILES string of the molecule is CC/C=C\C/C=C\C/C=C\C/C=C\CCCCCCCCCCC(=O)OCC(COC(=O)CCCCCCC/C=C\CCCCC)OC(=O)CCCCC/C=C\C/C=C\C/C=C\CC. The van der Waals surface area contributed by atoms with Crippen molar-refractivity contribution < 1.29 is 28.6 Å². The normalized spacial score (nSPS) is 12.9. The molecule has 0 N–H and O–H groups in total. The van der Waals surface area contributed by atoms with Crippen LogP contribution in [0.1, 0.15) is 233 Å². The number of unbranched alkanes of at least 4 members (excludes halogenated alkanes) is 19. The van der Waals surface area contributed by atoms with Gasteiger partial charge in [-0.2, -0.15) is 0 Å². The first kappa shape index (κ1) is 60.3. The van der Waals surface area contributed by atoms with Crippen LogP contribution in [0, 0.1) is 0 Å². The van der Waals surface area contributed by atoms with Crippen molar-refractivity contribution >= 4 is 17.9 Å². The second kappa shape index (κ2) is 52.0. The lowest BCUT2D eigenvalue weighted by Crippen LogP contribution is -2.30. The van der Waals surface area contributed by atoms with Gasteiger partial charge in [-0.25, -0.2) is 0 Å². The highest BCUT2D eigenvalue weighted by Crippen LogP contribution is 2.14. The highest BCUT2D eigenvalue weighted by molar-refractivity contribution is 5.71. The van der Waals surface area contributed by atoms with Gasteiger partial charge < -0.3 is 14.2 Å². The van der Waals surface area contributed by atoms with Gasteiger partial charge in [-0.3, -0.25) is 14.4 Å². The molecular weight excluding hydrogens is 793 g/mol. The number of rotatable bonds is 46. The van der Waals surface area contributed by atoms with Gasteiger partial charge in [-0.15, -0.1) is 0 Å². The van der Waals surface area contributed by atoms with Gasteiger partial charge in [0.25, 0.3) is 0 Å². The van der Waals surface area contributed by atoms with Gasteiger partial charge in [0.05, 0.1) is 0 Å². The van der Waals surface area contributed by atoms with Crippen LogP contribution < -0.4 is 0 Å². The Kier molecular flexibility index (Phi) is 49.0. The van der Waals surface area contributed by atoms with Crippen LogP contribution in [-0.2, 0) is 28.6 Å². The summed E-state index contributed by atoms with van der Waals surface area (Å²) >= 11 is 0. The van der Waals surface area contributed by atoms with E-state index in [4.69, 9.17) is 14.2 Å². The summed E-state index contributed by atoms with van der Waals surface area (Å²) in [6, 6.07) is 0. The molecule has 0 rings (SSSR count). The van der Waals surface area contributed by atoms with Crippen molar-refractivity contribution in [2.45, 2.75) is 239 Å². The molecule has 0 aromatic heterocycles. The highest BCUT2D eigenvalue weighted by atomic mass is 16.6. The number of esters is 3. The standard InChI is InChI=1S/C58H96O6/c1-4-7-10-13-16-19-22-25-26-27-28-29-30-31-32-34-36-39-42-45-48-51-57(60)63-54-55(53-62-56(59)50-47-44-41-38-35-24-21-18-15-12-9-6-3)64-58(61)52-49-46-43-40-37-33-23-20-17-14-11-8-5-2/h7-8,10-11,16-21,25-26,28-29,33,37,55H,4-6,9,12-15,22-24,27,30-32,34-36,38-54H2,1-3H3/b10-7-,11-8-,19-16-,20-17-,21-18-,26-25-,29-28-,37-33-. The number of carbonyl (C=O) groups excluding carboxylic acids is 3. The Bertz CT molecular complexity index is 1300. The fourth-order valence-corrected chi connectivity index (χ4v) is 6.91. The van der Waals surface area contributed by atoms with Gasteiger partial charge in [0.1, 0.15) is 13.2 Å². The zero-order chi connectivity index (χ0) is 46.5. The smallest absolute Gasteiger partial charge is 0.306 e. The molecule has 6 nitrogen and oxygen atoms in total. The van der Waals surface area contributed by atoms with E-state index < -0.39 is 6.10 Å².